The number of hydrogen-bond donors (Lipinski definition) is 2. The lowest BCUT2D eigenvalue weighted by Gasteiger charge is -2.23. The SMILES string of the molecule is CCN(Cc1ncnn1CC)CC(C)C(N)=NO. The Balaban J connectivity index is 2.62. The van der Waals surface area contributed by atoms with Gasteiger partial charge in [-0.3, -0.25) is 4.90 Å². The van der Waals surface area contributed by atoms with Gasteiger partial charge in [0.2, 0.25) is 0 Å². The molecule has 0 spiro atoms. The van der Waals surface area contributed by atoms with Gasteiger partial charge in [-0.25, -0.2) is 9.67 Å². The third-order valence-electron chi connectivity index (χ3n) is 2.96. The van der Waals surface area contributed by atoms with Gasteiger partial charge in [0.05, 0.1) is 6.54 Å². The van der Waals surface area contributed by atoms with E-state index in [4.69, 9.17) is 10.9 Å². The number of aryl methyl sites for hydroxylation is 1. The van der Waals surface area contributed by atoms with Gasteiger partial charge in [0.15, 0.2) is 0 Å². The maximum Gasteiger partial charge on any atom is 0.143 e. The van der Waals surface area contributed by atoms with Gasteiger partial charge in [0.1, 0.15) is 18.0 Å². The maximum atomic E-state index is 8.65. The lowest BCUT2D eigenvalue weighted by atomic mass is 10.1. The molecule has 0 aliphatic rings. The minimum Gasteiger partial charge on any atom is -0.409 e. The van der Waals surface area contributed by atoms with Crippen LogP contribution in [0.1, 0.15) is 26.6 Å². The zero-order valence-electron chi connectivity index (χ0n) is 11.2. The average Bonchev–Trinajstić information content (AvgIpc) is 2.83. The first-order valence-electron chi connectivity index (χ1n) is 6.18. The Labute approximate surface area is 107 Å². The van der Waals surface area contributed by atoms with Crippen molar-refractivity contribution < 1.29 is 5.21 Å². The summed E-state index contributed by atoms with van der Waals surface area (Å²) in [5, 5.41) is 15.8. The predicted molar refractivity (Wildman–Crippen MR) is 69.2 cm³/mol. The monoisotopic (exact) mass is 254 g/mol. The van der Waals surface area contributed by atoms with Crippen LogP contribution in [0.5, 0.6) is 0 Å². The molecule has 3 N–H and O–H groups in total. The van der Waals surface area contributed by atoms with Crippen LogP contribution in [0, 0.1) is 5.92 Å². The summed E-state index contributed by atoms with van der Waals surface area (Å²) in [5.41, 5.74) is 5.59. The minimum atomic E-state index is 0.00736. The largest absolute Gasteiger partial charge is 0.409 e. The number of nitrogens with zero attached hydrogens (tertiary/aromatic N) is 5. The van der Waals surface area contributed by atoms with E-state index in [-0.39, 0.29) is 11.8 Å². The summed E-state index contributed by atoms with van der Waals surface area (Å²) >= 11 is 0. The molecule has 1 aromatic rings. The number of oxime groups is 1. The Hall–Kier alpha value is -1.63. The van der Waals surface area contributed by atoms with Crippen molar-refractivity contribution in [2.45, 2.75) is 33.9 Å². The first kappa shape index (κ1) is 14.4. The fraction of sp³-hybridized carbons (Fsp3) is 0.727. The molecule has 102 valence electrons. The quantitative estimate of drug-likeness (QED) is 0.320. The van der Waals surface area contributed by atoms with Crippen molar-refractivity contribution in [3.8, 4) is 0 Å². The second kappa shape index (κ2) is 6.95. The average molecular weight is 254 g/mol. The van der Waals surface area contributed by atoms with Gasteiger partial charge in [-0.2, -0.15) is 5.10 Å². The molecule has 0 aliphatic heterocycles. The molecule has 0 aliphatic carbocycles. The molecule has 1 aromatic heterocycles. The first-order valence-corrected chi connectivity index (χ1v) is 6.18. The van der Waals surface area contributed by atoms with Gasteiger partial charge in [-0.1, -0.05) is 19.0 Å². The molecule has 7 heteroatoms. The number of aromatic nitrogens is 3. The van der Waals surface area contributed by atoms with Gasteiger partial charge < -0.3 is 10.9 Å². The van der Waals surface area contributed by atoms with Gasteiger partial charge in [0.25, 0.3) is 0 Å². The third-order valence-corrected chi connectivity index (χ3v) is 2.96. The molecule has 0 bridgehead atoms. The van der Waals surface area contributed by atoms with E-state index in [1.165, 1.54) is 0 Å². The number of rotatable bonds is 7. The van der Waals surface area contributed by atoms with Crippen molar-refractivity contribution >= 4 is 5.84 Å². The van der Waals surface area contributed by atoms with Crippen LogP contribution in [0.25, 0.3) is 0 Å². The summed E-state index contributed by atoms with van der Waals surface area (Å²) in [6.45, 7) is 9.17. The highest BCUT2D eigenvalue weighted by Crippen LogP contribution is 2.05. The smallest absolute Gasteiger partial charge is 0.143 e. The third kappa shape index (κ3) is 3.69. The van der Waals surface area contributed by atoms with Gasteiger partial charge in [-0.15, -0.1) is 0 Å². The summed E-state index contributed by atoms with van der Waals surface area (Å²) in [6, 6.07) is 0. The molecule has 0 saturated carbocycles. The standard InChI is InChI=1S/C11H22N6O/c1-4-16(6-9(3)11(12)15-18)7-10-13-8-14-17(10)5-2/h8-9,18H,4-7H2,1-3H3,(H2,12,15). The normalized spacial score (nSPS) is 14.1. The molecule has 0 radical (unpaired) electrons. The van der Waals surface area contributed by atoms with Crippen LogP contribution in [-0.2, 0) is 13.1 Å². The van der Waals surface area contributed by atoms with E-state index in [0.29, 0.717) is 6.54 Å². The van der Waals surface area contributed by atoms with Crippen molar-refractivity contribution in [2.24, 2.45) is 16.8 Å². The molecule has 1 heterocycles. The molecule has 1 atom stereocenters. The molecule has 18 heavy (non-hydrogen) atoms. The summed E-state index contributed by atoms with van der Waals surface area (Å²) in [7, 11) is 0. The minimum absolute atomic E-state index is 0.00736. The molecule has 0 saturated heterocycles. The topological polar surface area (TPSA) is 92.6 Å². The molecule has 1 rings (SSSR count). The molecule has 0 aromatic carbocycles. The second-order valence-corrected chi connectivity index (χ2v) is 4.25. The number of hydrogen-bond acceptors (Lipinski definition) is 5. The van der Waals surface area contributed by atoms with E-state index in [2.05, 4.69) is 27.1 Å². The first-order chi connectivity index (χ1) is 8.62. The van der Waals surface area contributed by atoms with Crippen molar-refractivity contribution in [1.82, 2.24) is 19.7 Å². The fourth-order valence-electron chi connectivity index (χ4n) is 1.76. The van der Waals surface area contributed by atoms with E-state index in [1.807, 2.05) is 18.5 Å². The molecule has 1 unspecified atom stereocenters. The Morgan fingerprint density at radius 2 is 2.33 bits per heavy atom. The van der Waals surface area contributed by atoms with Gasteiger partial charge in [0, 0.05) is 19.0 Å². The van der Waals surface area contributed by atoms with Crippen molar-refractivity contribution in [2.75, 3.05) is 13.1 Å². The lowest BCUT2D eigenvalue weighted by Crippen LogP contribution is -2.35. The molecular weight excluding hydrogens is 232 g/mol. The van der Waals surface area contributed by atoms with E-state index in [1.54, 1.807) is 6.33 Å². The Morgan fingerprint density at radius 1 is 1.61 bits per heavy atom. The fourth-order valence-corrected chi connectivity index (χ4v) is 1.76. The number of amidine groups is 1. The Bertz CT molecular complexity index is 389. The summed E-state index contributed by atoms with van der Waals surface area (Å²) in [4.78, 5) is 6.44. The molecular formula is C11H22N6O. The number of nitrogens with two attached hydrogens (primary N) is 1. The van der Waals surface area contributed by atoms with Gasteiger partial charge >= 0.3 is 0 Å². The van der Waals surface area contributed by atoms with E-state index >= 15 is 0 Å². The van der Waals surface area contributed by atoms with Crippen molar-refractivity contribution in [3.05, 3.63) is 12.2 Å². The maximum absolute atomic E-state index is 8.65. The molecule has 0 amide bonds. The van der Waals surface area contributed by atoms with Crippen LogP contribution in [0.4, 0.5) is 0 Å². The highest BCUT2D eigenvalue weighted by Gasteiger charge is 2.15. The second-order valence-electron chi connectivity index (χ2n) is 4.25. The molecule has 7 nitrogen and oxygen atoms in total. The zero-order chi connectivity index (χ0) is 13.5. The van der Waals surface area contributed by atoms with Crippen LogP contribution in [-0.4, -0.2) is 43.8 Å². The Morgan fingerprint density at radius 3 is 2.89 bits per heavy atom. The van der Waals surface area contributed by atoms with E-state index < -0.39 is 0 Å². The van der Waals surface area contributed by atoms with Crippen molar-refractivity contribution in [1.29, 1.82) is 0 Å². The van der Waals surface area contributed by atoms with Crippen LogP contribution in [0.15, 0.2) is 11.5 Å². The van der Waals surface area contributed by atoms with Crippen LogP contribution in [0.3, 0.4) is 0 Å². The van der Waals surface area contributed by atoms with Crippen LogP contribution >= 0.6 is 0 Å². The van der Waals surface area contributed by atoms with E-state index in [9.17, 15) is 0 Å². The van der Waals surface area contributed by atoms with Crippen LogP contribution in [0.2, 0.25) is 0 Å². The lowest BCUT2D eigenvalue weighted by molar-refractivity contribution is 0.247. The summed E-state index contributed by atoms with van der Waals surface area (Å²) in [5.74, 6) is 1.20. The van der Waals surface area contributed by atoms with Crippen LogP contribution < -0.4 is 5.73 Å². The van der Waals surface area contributed by atoms with Crippen molar-refractivity contribution in [3.63, 3.8) is 0 Å². The summed E-state index contributed by atoms with van der Waals surface area (Å²) < 4.78 is 1.87. The highest BCUT2D eigenvalue weighted by molar-refractivity contribution is 5.82. The van der Waals surface area contributed by atoms with E-state index in [0.717, 1.165) is 25.5 Å². The van der Waals surface area contributed by atoms with Gasteiger partial charge in [-0.05, 0) is 13.5 Å². The zero-order valence-corrected chi connectivity index (χ0v) is 11.2. The Kier molecular flexibility index (Phi) is 5.57. The molecule has 0 fully saturated rings. The summed E-state index contributed by atoms with van der Waals surface area (Å²) in [6.07, 6.45) is 1.57. The predicted octanol–water partition coefficient (Wildman–Crippen LogP) is 0.502. The highest BCUT2D eigenvalue weighted by atomic mass is 16.4.